The maximum absolute atomic E-state index is 11.8. The first-order valence-electron chi connectivity index (χ1n) is 10.9. The third-order valence-corrected chi connectivity index (χ3v) is 6.32. The molecule has 5 nitrogen and oxygen atoms in total. The minimum Gasteiger partial charge on any atom is -0.810 e. The first kappa shape index (κ1) is 28.6. The lowest BCUT2D eigenvalue weighted by atomic mass is 10.0. The lowest BCUT2D eigenvalue weighted by Crippen LogP contribution is -2.39. The molecule has 0 aliphatic heterocycles. The van der Waals surface area contributed by atoms with E-state index in [0.717, 1.165) is 44.1 Å². The van der Waals surface area contributed by atoms with Crippen LogP contribution in [0.5, 0.6) is 0 Å². The van der Waals surface area contributed by atoms with E-state index in [-0.39, 0.29) is 13.0 Å². The molecule has 0 fully saturated rings. The van der Waals surface area contributed by atoms with Gasteiger partial charge in [-0.05, 0) is 79.6 Å². The van der Waals surface area contributed by atoms with Gasteiger partial charge in [0.25, 0.3) is 0 Å². The lowest BCUT2D eigenvalue weighted by molar-refractivity contribution is -0.315. The van der Waals surface area contributed by atoms with E-state index in [4.69, 9.17) is 0 Å². The molecule has 6 heteroatoms. The Balaban J connectivity index is 4.24. The fraction of sp³-hybridized carbons (Fsp3) is 0.625. The van der Waals surface area contributed by atoms with E-state index in [0.29, 0.717) is 0 Å². The molecule has 172 valence electrons. The molecule has 1 atom stereocenters. The van der Waals surface area contributed by atoms with E-state index in [9.17, 15) is 19.1 Å². The third kappa shape index (κ3) is 14.5. The molecule has 0 bridgehead atoms. The zero-order chi connectivity index (χ0) is 23.2. The summed E-state index contributed by atoms with van der Waals surface area (Å²) in [5.41, 5.74) is 3.82. The van der Waals surface area contributed by atoms with Gasteiger partial charge in [-0.25, -0.2) is 0 Å². The average Bonchev–Trinajstić information content (AvgIpc) is 2.60. The summed E-state index contributed by atoms with van der Waals surface area (Å²) in [5, 5.41) is 2.52. The highest BCUT2D eigenvalue weighted by Crippen LogP contribution is 2.33. The van der Waals surface area contributed by atoms with E-state index >= 15 is 0 Å². The minimum atomic E-state index is -4.90. The van der Waals surface area contributed by atoms with E-state index in [1.165, 1.54) is 23.6 Å². The van der Waals surface area contributed by atoms with Crippen LogP contribution in [0.15, 0.2) is 46.6 Å². The molecule has 1 N–H and O–H groups in total. The van der Waals surface area contributed by atoms with Crippen LogP contribution in [0, 0.1) is 0 Å². The molecular formula is C24H40NO4P-2. The van der Waals surface area contributed by atoms with Crippen molar-refractivity contribution in [3.63, 3.8) is 0 Å². The predicted octanol–water partition coefficient (Wildman–Crippen LogP) is 4.94. The van der Waals surface area contributed by atoms with Crippen molar-refractivity contribution < 1.29 is 19.1 Å². The average molecular weight is 438 g/mol. The summed E-state index contributed by atoms with van der Waals surface area (Å²) in [6.07, 6.45) is 14.9. The van der Waals surface area contributed by atoms with Crippen LogP contribution >= 0.6 is 7.60 Å². The second kappa shape index (κ2) is 15.4. The van der Waals surface area contributed by atoms with Gasteiger partial charge in [0.2, 0.25) is 5.91 Å². The van der Waals surface area contributed by atoms with Crippen molar-refractivity contribution in [3.8, 4) is 0 Å². The quantitative estimate of drug-likeness (QED) is 0.308. The number of hydrogen-bond acceptors (Lipinski definition) is 4. The van der Waals surface area contributed by atoms with E-state index < -0.39 is 19.2 Å². The molecular weight excluding hydrogens is 397 g/mol. The largest absolute Gasteiger partial charge is 0.810 e. The molecule has 0 aliphatic carbocycles. The van der Waals surface area contributed by atoms with Gasteiger partial charge in [-0.1, -0.05) is 61.1 Å². The maximum Gasteiger partial charge on any atom is 0.228 e. The molecule has 0 saturated carbocycles. The summed E-state index contributed by atoms with van der Waals surface area (Å²) in [6, 6.07) is 0. The van der Waals surface area contributed by atoms with Crippen LogP contribution in [-0.4, -0.2) is 18.1 Å². The predicted molar refractivity (Wildman–Crippen MR) is 123 cm³/mol. The van der Waals surface area contributed by atoms with Crippen LogP contribution in [0.25, 0.3) is 0 Å². The van der Waals surface area contributed by atoms with Gasteiger partial charge in [0.05, 0.1) is 5.66 Å². The summed E-state index contributed by atoms with van der Waals surface area (Å²) in [4.78, 5) is 34.0. The van der Waals surface area contributed by atoms with Gasteiger partial charge in [0, 0.05) is 6.54 Å². The second-order valence-corrected chi connectivity index (χ2v) is 9.96. The zero-order valence-electron chi connectivity index (χ0n) is 19.6. The Kier molecular flexibility index (Phi) is 14.7. The Bertz CT molecular complexity index is 694. The molecule has 0 radical (unpaired) electrons. The van der Waals surface area contributed by atoms with Gasteiger partial charge in [-0.3, -0.25) is 4.79 Å². The second-order valence-electron chi connectivity index (χ2n) is 8.26. The van der Waals surface area contributed by atoms with Crippen molar-refractivity contribution in [3.05, 3.63) is 46.6 Å². The molecule has 0 aromatic carbocycles. The highest BCUT2D eigenvalue weighted by Gasteiger charge is 2.19. The van der Waals surface area contributed by atoms with Crippen LogP contribution in [0.4, 0.5) is 0 Å². The smallest absolute Gasteiger partial charge is 0.228 e. The van der Waals surface area contributed by atoms with Crippen molar-refractivity contribution in [2.24, 2.45) is 0 Å². The van der Waals surface area contributed by atoms with Crippen molar-refractivity contribution in [1.29, 1.82) is 0 Å². The standard InChI is InChI=1S/C24H42NO4P/c1-7-23(30(27,28)29)24(26)25-18-17-22(6)16-10-15-21(5)14-9-13-20(4)12-8-11-19(2)3/h11,13,15,17,23H,7-10,12,14,16,18H2,1-6H3,(H,25,26)(H2,27,28,29)/p-2/b20-13+,21-15+,22-17+. The SMILES string of the molecule is CCC(C(=O)NC/C=C(\C)CC/C=C(\C)CC/C=C(\C)CCC=C(C)C)P(=O)([O-])[O-]. The van der Waals surface area contributed by atoms with Crippen LogP contribution < -0.4 is 15.1 Å². The number of nitrogens with one attached hydrogen (secondary N) is 1. The number of carbonyl (C=O) groups excluding carboxylic acids is 1. The number of allylic oxidation sites excluding steroid dienone is 7. The molecule has 0 heterocycles. The van der Waals surface area contributed by atoms with Crippen molar-refractivity contribution in [2.75, 3.05) is 6.54 Å². The van der Waals surface area contributed by atoms with E-state index in [2.05, 4.69) is 51.2 Å². The van der Waals surface area contributed by atoms with E-state index in [1.807, 2.05) is 13.0 Å². The molecule has 0 aliphatic rings. The van der Waals surface area contributed by atoms with Gasteiger partial charge in [0.15, 0.2) is 0 Å². The summed E-state index contributed by atoms with van der Waals surface area (Å²) in [5.74, 6) is -0.713. The van der Waals surface area contributed by atoms with Crippen molar-refractivity contribution >= 4 is 13.5 Å². The molecule has 30 heavy (non-hydrogen) atoms. The Morgan fingerprint density at radius 1 is 0.833 bits per heavy atom. The Morgan fingerprint density at radius 3 is 1.67 bits per heavy atom. The third-order valence-electron chi connectivity index (χ3n) is 4.95. The number of rotatable bonds is 14. The fourth-order valence-electron chi connectivity index (χ4n) is 2.98. The Morgan fingerprint density at radius 2 is 1.27 bits per heavy atom. The number of hydrogen-bond donors (Lipinski definition) is 1. The highest BCUT2D eigenvalue weighted by molar-refractivity contribution is 7.50. The molecule has 0 saturated heterocycles. The Hall–Kier alpha value is -1.42. The summed E-state index contributed by atoms with van der Waals surface area (Å²) >= 11 is 0. The van der Waals surface area contributed by atoms with Gasteiger partial charge in [0.1, 0.15) is 0 Å². The zero-order valence-corrected chi connectivity index (χ0v) is 20.5. The molecule has 1 unspecified atom stereocenters. The first-order chi connectivity index (χ1) is 14.0. The highest BCUT2D eigenvalue weighted by atomic mass is 31.2. The van der Waals surface area contributed by atoms with Gasteiger partial charge < -0.3 is 19.7 Å². The van der Waals surface area contributed by atoms with Crippen molar-refractivity contribution in [1.82, 2.24) is 5.32 Å². The topological polar surface area (TPSA) is 92.3 Å². The molecule has 0 aromatic rings. The van der Waals surface area contributed by atoms with Gasteiger partial charge in [-0.2, -0.15) is 0 Å². The normalized spacial score (nSPS) is 14.5. The Labute approximate surface area is 183 Å². The van der Waals surface area contributed by atoms with Crippen molar-refractivity contribution in [2.45, 2.75) is 92.1 Å². The van der Waals surface area contributed by atoms with Gasteiger partial charge >= 0.3 is 0 Å². The fourth-order valence-corrected chi connectivity index (χ4v) is 3.81. The van der Waals surface area contributed by atoms with Crippen LogP contribution in [0.1, 0.15) is 86.5 Å². The van der Waals surface area contributed by atoms with Gasteiger partial charge in [-0.15, -0.1) is 0 Å². The molecule has 1 amide bonds. The van der Waals surface area contributed by atoms with Crippen LogP contribution in [0.2, 0.25) is 0 Å². The molecule has 0 aromatic heterocycles. The summed E-state index contributed by atoms with van der Waals surface area (Å²) in [6.45, 7) is 12.3. The minimum absolute atomic E-state index is 0.00689. The van der Waals surface area contributed by atoms with E-state index in [1.54, 1.807) is 0 Å². The van der Waals surface area contributed by atoms with Crippen LogP contribution in [0.3, 0.4) is 0 Å². The van der Waals surface area contributed by atoms with Crippen LogP contribution in [-0.2, 0) is 9.36 Å². The number of carbonyl (C=O) groups is 1. The molecule has 0 rings (SSSR count). The monoisotopic (exact) mass is 437 g/mol. The summed E-state index contributed by atoms with van der Waals surface area (Å²) < 4.78 is 11.1. The maximum atomic E-state index is 11.8. The lowest BCUT2D eigenvalue weighted by Gasteiger charge is -2.36. The first-order valence-corrected chi connectivity index (χ1v) is 12.5. The summed E-state index contributed by atoms with van der Waals surface area (Å²) in [7, 11) is -4.90. The molecule has 0 spiro atoms. The number of amides is 1.